The first-order chi connectivity index (χ1) is 17.0. The van der Waals surface area contributed by atoms with Crippen molar-refractivity contribution in [2.24, 2.45) is 11.5 Å². The van der Waals surface area contributed by atoms with Crippen molar-refractivity contribution in [2.45, 2.75) is 49.6 Å². The van der Waals surface area contributed by atoms with E-state index >= 15 is 0 Å². The molecule has 4 aliphatic heterocycles. The van der Waals surface area contributed by atoms with Crippen LogP contribution in [0.5, 0.6) is 0 Å². The van der Waals surface area contributed by atoms with Crippen LogP contribution in [-0.4, -0.2) is 127 Å². The normalized spacial score (nSPS) is 37.1. The molecule has 0 saturated carbocycles. The van der Waals surface area contributed by atoms with Gasteiger partial charge >= 0.3 is 0 Å². The lowest BCUT2D eigenvalue weighted by Crippen LogP contribution is -2.56. The van der Waals surface area contributed by atoms with Gasteiger partial charge in [-0.3, -0.25) is 9.59 Å². The van der Waals surface area contributed by atoms with E-state index in [-0.39, 0.29) is 63.8 Å². The van der Waals surface area contributed by atoms with Gasteiger partial charge < -0.3 is 64.7 Å². The minimum atomic E-state index is -0.638. The molecule has 0 spiro atoms. The molecule has 0 aromatic carbocycles. The summed E-state index contributed by atoms with van der Waals surface area (Å²) in [4.78, 5) is 24.0. The maximum Gasteiger partial charge on any atom is 0.246 e. The van der Waals surface area contributed by atoms with Crippen molar-refractivity contribution in [3.63, 3.8) is 0 Å². The summed E-state index contributed by atoms with van der Waals surface area (Å²) >= 11 is 0. The Hall–Kier alpha value is -1.50. The van der Waals surface area contributed by atoms with Crippen molar-refractivity contribution >= 4 is 11.8 Å². The number of amides is 2. The highest BCUT2D eigenvalue weighted by atomic mass is 16.8. The van der Waals surface area contributed by atoms with Gasteiger partial charge in [0, 0.05) is 13.1 Å². The fourth-order valence-corrected chi connectivity index (χ4v) is 3.88. The Morgan fingerprint density at radius 3 is 1.34 bits per heavy atom. The van der Waals surface area contributed by atoms with Crippen molar-refractivity contribution in [1.82, 2.24) is 10.6 Å². The lowest BCUT2D eigenvalue weighted by Gasteiger charge is -2.41. The van der Waals surface area contributed by atoms with E-state index in [0.29, 0.717) is 26.4 Å². The molecule has 0 aromatic rings. The maximum atomic E-state index is 12.0. The molecule has 15 heteroatoms. The summed E-state index contributed by atoms with van der Waals surface area (Å²) in [5.74, 6) is -0.825. The Bertz CT molecular complexity index is 648. The molecule has 200 valence electrons. The largest absolute Gasteiger partial charge is 0.362 e. The maximum absolute atomic E-state index is 12.0. The summed E-state index contributed by atoms with van der Waals surface area (Å²) in [7, 11) is 0. The fraction of sp³-hybridized carbons (Fsp3) is 0.900. The summed E-state index contributed by atoms with van der Waals surface area (Å²) in [5.41, 5.74) is 11.1. The Morgan fingerprint density at radius 2 is 0.971 bits per heavy atom. The molecule has 4 heterocycles. The second kappa shape index (κ2) is 13.2. The van der Waals surface area contributed by atoms with Gasteiger partial charge in [-0.15, -0.1) is 0 Å². The molecule has 4 aliphatic rings. The highest BCUT2D eigenvalue weighted by Crippen LogP contribution is 2.23. The zero-order chi connectivity index (χ0) is 24.6. The van der Waals surface area contributed by atoms with E-state index in [0.717, 1.165) is 0 Å². The minimum Gasteiger partial charge on any atom is -0.362 e. The van der Waals surface area contributed by atoms with E-state index in [1.807, 2.05) is 0 Å². The molecule has 35 heavy (non-hydrogen) atoms. The van der Waals surface area contributed by atoms with Gasteiger partial charge in [0.1, 0.15) is 37.6 Å². The molecule has 0 aliphatic carbocycles. The van der Waals surface area contributed by atoms with Gasteiger partial charge in [0.15, 0.2) is 25.2 Å². The van der Waals surface area contributed by atoms with Crippen LogP contribution in [0.1, 0.15) is 0 Å². The molecule has 0 radical (unpaired) electrons. The Morgan fingerprint density at radius 1 is 0.629 bits per heavy atom. The molecular weight excluding hydrogens is 472 g/mol. The summed E-state index contributed by atoms with van der Waals surface area (Å²) in [6.07, 6.45) is -3.31. The average molecular weight is 507 g/mol. The Kier molecular flexibility index (Phi) is 9.99. The van der Waals surface area contributed by atoms with E-state index in [9.17, 15) is 9.59 Å². The van der Waals surface area contributed by atoms with Crippen LogP contribution in [0.3, 0.4) is 0 Å². The van der Waals surface area contributed by atoms with Crippen LogP contribution < -0.4 is 22.1 Å². The number of hydrogen-bond acceptors (Lipinski definition) is 13. The monoisotopic (exact) mass is 506 g/mol. The minimum absolute atomic E-state index is 0.121. The van der Waals surface area contributed by atoms with Crippen LogP contribution in [0.2, 0.25) is 0 Å². The van der Waals surface area contributed by atoms with Crippen LogP contribution in [0.4, 0.5) is 0 Å². The predicted molar refractivity (Wildman–Crippen MR) is 113 cm³/mol. The number of nitrogens with two attached hydrogens (primary N) is 2. The smallest absolute Gasteiger partial charge is 0.246 e. The van der Waals surface area contributed by atoms with Gasteiger partial charge in [0.25, 0.3) is 0 Å². The number of nitrogens with one attached hydrogen (secondary N) is 2. The topological polar surface area (TPSA) is 193 Å². The summed E-state index contributed by atoms with van der Waals surface area (Å²) in [6.45, 7) is 1.46. The summed E-state index contributed by atoms with van der Waals surface area (Å²) < 4.78 is 49.8. The SMILES string of the molecule is NC[C@@H]1OC[C@@H]2O[C@H](CNC(=O)COCC(=O)NC[C@@H]3OC[C@@H]4O[C@H](CN)OC[C@@H]4O3)OC[C@@H]2O1. The van der Waals surface area contributed by atoms with Gasteiger partial charge in [-0.1, -0.05) is 0 Å². The quantitative estimate of drug-likeness (QED) is 0.225. The second-order valence-corrected chi connectivity index (χ2v) is 8.32. The van der Waals surface area contributed by atoms with E-state index in [1.54, 1.807) is 0 Å². The van der Waals surface area contributed by atoms with Gasteiger partial charge in [0.05, 0.1) is 39.5 Å². The molecule has 8 atom stereocenters. The molecule has 15 nitrogen and oxygen atoms in total. The summed E-state index contributed by atoms with van der Waals surface area (Å²) in [5, 5.41) is 5.28. The molecule has 4 saturated heterocycles. The van der Waals surface area contributed by atoms with Gasteiger partial charge in [-0.05, 0) is 0 Å². The molecule has 4 rings (SSSR count). The van der Waals surface area contributed by atoms with Gasteiger partial charge in [0.2, 0.25) is 11.8 Å². The lowest BCUT2D eigenvalue weighted by atomic mass is 10.2. The third-order valence-electron chi connectivity index (χ3n) is 5.70. The molecule has 2 amide bonds. The van der Waals surface area contributed by atoms with Crippen LogP contribution >= 0.6 is 0 Å². The van der Waals surface area contributed by atoms with E-state index in [1.165, 1.54) is 0 Å². The number of carbonyl (C=O) groups excluding carboxylic acids is 2. The van der Waals surface area contributed by atoms with Crippen LogP contribution in [-0.2, 0) is 52.2 Å². The first kappa shape index (κ1) is 26.6. The van der Waals surface area contributed by atoms with Crippen LogP contribution in [0.15, 0.2) is 0 Å². The molecule has 4 fully saturated rings. The van der Waals surface area contributed by atoms with Crippen LogP contribution in [0.25, 0.3) is 0 Å². The zero-order valence-corrected chi connectivity index (χ0v) is 19.3. The summed E-state index contributed by atoms with van der Waals surface area (Å²) in [6, 6.07) is 0. The van der Waals surface area contributed by atoms with E-state index in [4.69, 9.17) is 54.1 Å². The third kappa shape index (κ3) is 7.74. The van der Waals surface area contributed by atoms with Crippen molar-refractivity contribution in [3.8, 4) is 0 Å². The number of ether oxygens (including phenoxy) is 9. The number of rotatable bonds is 10. The van der Waals surface area contributed by atoms with Crippen molar-refractivity contribution in [2.75, 3.05) is 65.8 Å². The molecule has 0 unspecified atom stereocenters. The molecule has 0 aromatic heterocycles. The standard InChI is InChI=1S/C20H34N4O11/c21-1-17-28-5-13-11(32-17)7-30-19(34-13)3-23-15(25)9-27-10-16(26)24-4-20-31-8-12-14(35-20)6-29-18(2-22)33-12/h11-14,17-20H,1-10,21-22H2,(H,23,25)(H,24,26)/t11-,12-,13-,14-,17+,18+,19+,20+/m0/s1. The zero-order valence-electron chi connectivity index (χ0n) is 19.3. The third-order valence-corrected chi connectivity index (χ3v) is 5.70. The fourth-order valence-electron chi connectivity index (χ4n) is 3.88. The highest BCUT2D eigenvalue weighted by Gasteiger charge is 2.39. The number of carbonyl (C=O) groups is 2. The van der Waals surface area contributed by atoms with Crippen molar-refractivity contribution in [1.29, 1.82) is 0 Å². The first-order valence-corrected chi connectivity index (χ1v) is 11.6. The van der Waals surface area contributed by atoms with Gasteiger partial charge in [-0.25, -0.2) is 0 Å². The molecule has 6 N–H and O–H groups in total. The molecule has 0 bridgehead atoms. The van der Waals surface area contributed by atoms with E-state index in [2.05, 4.69) is 10.6 Å². The molecular formula is C20H34N4O11. The van der Waals surface area contributed by atoms with Gasteiger partial charge in [-0.2, -0.15) is 0 Å². The second-order valence-electron chi connectivity index (χ2n) is 8.32. The van der Waals surface area contributed by atoms with E-state index < -0.39 is 37.0 Å². The average Bonchev–Trinajstić information content (AvgIpc) is 2.89. The predicted octanol–water partition coefficient (Wildman–Crippen LogP) is -3.88. The van der Waals surface area contributed by atoms with Crippen molar-refractivity contribution < 1.29 is 52.2 Å². The number of fused-ring (bicyclic) bond motifs is 2. The highest BCUT2D eigenvalue weighted by molar-refractivity contribution is 5.79. The van der Waals surface area contributed by atoms with Crippen molar-refractivity contribution in [3.05, 3.63) is 0 Å². The first-order valence-electron chi connectivity index (χ1n) is 11.6. The Labute approximate surface area is 202 Å². The lowest BCUT2D eigenvalue weighted by molar-refractivity contribution is -0.332. The number of hydrogen-bond donors (Lipinski definition) is 4. The Balaban J connectivity index is 1.03. The van der Waals surface area contributed by atoms with Crippen LogP contribution in [0, 0.1) is 0 Å².